The number of hydrogen-bond acceptors (Lipinski definition) is 1. The van der Waals surface area contributed by atoms with E-state index in [0.29, 0.717) is 5.92 Å². The standard InChI is InChI=1S/C15H22O/c1-6-12(5)16-15-9-8-13(7-2)10-14(15)11(3)4/h7-12H,2,6H2,1,3-5H3. The van der Waals surface area contributed by atoms with Crippen molar-refractivity contribution in [3.05, 3.63) is 35.9 Å². The maximum atomic E-state index is 5.92. The monoisotopic (exact) mass is 218 g/mol. The summed E-state index contributed by atoms with van der Waals surface area (Å²) < 4.78 is 5.92. The fourth-order valence-corrected chi connectivity index (χ4v) is 1.55. The molecule has 0 amide bonds. The van der Waals surface area contributed by atoms with E-state index < -0.39 is 0 Å². The van der Waals surface area contributed by atoms with Crippen LogP contribution in [0.1, 0.15) is 51.2 Å². The lowest BCUT2D eigenvalue weighted by molar-refractivity contribution is 0.214. The first-order valence-corrected chi connectivity index (χ1v) is 6.01. The van der Waals surface area contributed by atoms with Gasteiger partial charge in [0.1, 0.15) is 5.75 Å². The molecule has 0 aromatic heterocycles. The van der Waals surface area contributed by atoms with Crippen LogP contribution in [0.2, 0.25) is 0 Å². The van der Waals surface area contributed by atoms with Crippen LogP contribution in [0.15, 0.2) is 24.8 Å². The van der Waals surface area contributed by atoms with Crippen molar-refractivity contribution in [3.8, 4) is 5.75 Å². The maximum absolute atomic E-state index is 5.92. The highest BCUT2D eigenvalue weighted by atomic mass is 16.5. The summed E-state index contributed by atoms with van der Waals surface area (Å²) >= 11 is 0. The van der Waals surface area contributed by atoms with Crippen molar-refractivity contribution in [2.75, 3.05) is 0 Å². The van der Waals surface area contributed by atoms with Gasteiger partial charge >= 0.3 is 0 Å². The number of benzene rings is 1. The van der Waals surface area contributed by atoms with Crippen molar-refractivity contribution in [3.63, 3.8) is 0 Å². The van der Waals surface area contributed by atoms with Crippen molar-refractivity contribution in [1.82, 2.24) is 0 Å². The predicted molar refractivity (Wildman–Crippen MR) is 71.0 cm³/mol. The van der Waals surface area contributed by atoms with Crippen LogP contribution in [-0.4, -0.2) is 6.10 Å². The first kappa shape index (κ1) is 12.8. The van der Waals surface area contributed by atoms with E-state index in [2.05, 4.69) is 52.5 Å². The van der Waals surface area contributed by atoms with Crippen LogP contribution in [0.4, 0.5) is 0 Å². The maximum Gasteiger partial charge on any atom is 0.123 e. The zero-order chi connectivity index (χ0) is 12.1. The fraction of sp³-hybridized carbons (Fsp3) is 0.467. The van der Waals surface area contributed by atoms with Crippen LogP contribution >= 0.6 is 0 Å². The Labute approximate surface area is 99.1 Å². The van der Waals surface area contributed by atoms with Crippen LogP contribution in [0.3, 0.4) is 0 Å². The summed E-state index contributed by atoms with van der Waals surface area (Å²) in [5, 5.41) is 0. The number of ether oxygens (including phenoxy) is 1. The molecule has 0 spiro atoms. The van der Waals surface area contributed by atoms with Gasteiger partial charge in [-0.25, -0.2) is 0 Å². The Morgan fingerprint density at radius 1 is 1.31 bits per heavy atom. The molecule has 0 aliphatic heterocycles. The first-order valence-electron chi connectivity index (χ1n) is 6.01. The fourth-order valence-electron chi connectivity index (χ4n) is 1.55. The van der Waals surface area contributed by atoms with Gasteiger partial charge in [-0.1, -0.05) is 39.5 Å². The molecule has 0 N–H and O–H groups in total. The van der Waals surface area contributed by atoms with E-state index in [-0.39, 0.29) is 6.10 Å². The second-order valence-corrected chi connectivity index (χ2v) is 4.49. The molecule has 0 aliphatic carbocycles. The third-order valence-corrected chi connectivity index (χ3v) is 2.79. The highest BCUT2D eigenvalue weighted by Gasteiger charge is 2.10. The molecule has 0 heterocycles. The molecule has 16 heavy (non-hydrogen) atoms. The van der Waals surface area contributed by atoms with E-state index in [1.807, 2.05) is 6.08 Å². The summed E-state index contributed by atoms with van der Waals surface area (Å²) in [5.74, 6) is 1.48. The van der Waals surface area contributed by atoms with Crippen molar-refractivity contribution in [2.24, 2.45) is 0 Å². The van der Waals surface area contributed by atoms with E-state index in [9.17, 15) is 0 Å². The Kier molecular flexibility index (Phi) is 4.60. The zero-order valence-electron chi connectivity index (χ0n) is 10.8. The van der Waals surface area contributed by atoms with Crippen LogP contribution in [0, 0.1) is 0 Å². The second kappa shape index (κ2) is 5.74. The third-order valence-electron chi connectivity index (χ3n) is 2.79. The van der Waals surface area contributed by atoms with Gasteiger partial charge in [-0.2, -0.15) is 0 Å². The van der Waals surface area contributed by atoms with Crippen LogP contribution in [-0.2, 0) is 0 Å². The summed E-state index contributed by atoms with van der Waals surface area (Å²) in [5.41, 5.74) is 2.41. The van der Waals surface area contributed by atoms with E-state index in [1.165, 1.54) is 5.56 Å². The lowest BCUT2D eigenvalue weighted by Gasteiger charge is -2.18. The summed E-state index contributed by atoms with van der Waals surface area (Å²) in [6.45, 7) is 12.4. The number of rotatable bonds is 5. The van der Waals surface area contributed by atoms with Gasteiger partial charge in [0.05, 0.1) is 6.10 Å². The minimum atomic E-state index is 0.270. The Bertz CT molecular complexity index is 352. The van der Waals surface area contributed by atoms with Crippen LogP contribution < -0.4 is 4.74 Å². The SMILES string of the molecule is C=Cc1ccc(OC(C)CC)c(C(C)C)c1. The summed E-state index contributed by atoms with van der Waals surface area (Å²) in [7, 11) is 0. The highest BCUT2D eigenvalue weighted by molar-refractivity contribution is 5.52. The topological polar surface area (TPSA) is 9.23 Å². The molecular formula is C15H22O. The summed E-state index contributed by atoms with van der Waals surface area (Å²) in [4.78, 5) is 0. The molecule has 0 saturated heterocycles. The molecule has 1 nitrogen and oxygen atoms in total. The molecular weight excluding hydrogens is 196 g/mol. The van der Waals surface area contributed by atoms with Gasteiger partial charge in [0, 0.05) is 0 Å². The minimum Gasteiger partial charge on any atom is -0.490 e. The number of hydrogen-bond donors (Lipinski definition) is 0. The molecule has 1 aromatic rings. The van der Waals surface area contributed by atoms with E-state index in [4.69, 9.17) is 4.74 Å². The molecule has 0 radical (unpaired) electrons. The molecule has 0 bridgehead atoms. The van der Waals surface area contributed by atoms with Gasteiger partial charge in [-0.05, 0) is 42.5 Å². The van der Waals surface area contributed by atoms with Crippen molar-refractivity contribution >= 4 is 6.08 Å². The van der Waals surface area contributed by atoms with E-state index >= 15 is 0 Å². The minimum absolute atomic E-state index is 0.270. The Morgan fingerprint density at radius 2 is 2.00 bits per heavy atom. The van der Waals surface area contributed by atoms with Gasteiger partial charge in [0.15, 0.2) is 0 Å². The second-order valence-electron chi connectivity index (χ2n) is 4.49. The zero-order valence-corrected chi connectivity index (χ0v) is 10.8. The van der Waals surface area contributed by atoms with Crippen molar-refractivity contribution in [1.29, 1.82) is 0 Å². The van der Waals surface area contributed by atoms with Gasteiger partial charge in [-0.3, -0.25) is 0 Å². The molecule has 0 saturated carbocycles. The Hall–Kier alpha value is -1.24. The molecule has 88 valence electrons. The van der Waals surface area contributed by atoms with E-state index in [0.717, 1.165) is 17.7 Å². The normalized spacial score (nSPS) is 12.6. The van der Waals surface area contributed by atoms with Crippen molar-refractivity contribution < 1.29 is 4.74 Å². The molecule has 1 heteroatoms. The van der Waals surface area contributed by atoms with Crippen LogP contribution in [0.5, 0.6) is 5.75 Å². The van der Waals surface area contributed by atoms with Gasteiger partial charge in [0.25, 0.3) is 0 Å². The Balaban J connectivity index is 3.03. The van der Waals surface area contributed by atoms with Gasteiger partial charge in [0.2, 0.25) is 0 Å². The van der Waals surface area contributed by atoms with Gasteiger partial charge < -0.3 is 4.74 Å². The molecule has 1 aromatic carbocycles. The first-order chi connectivity index (χ1) is 7.58. The van der Waals surface area contributed by atoms with Gasteiger partial charge in [-0.15, -0.1) is 0 Å². The molecule has 1 rings (SSSR count). The average Bonchev–Trinajstić information content (AvgIpc) is 2.29. The highest BCUT2D eigenvalue weighted by Crippen LogP contribution is 2.29. The predicted octanol–water partition coefficient (Wildman–Crippen LogP) is 4.63. The third kappa shape index (κ3) is 3.13. The molecule has 0 fully saturated rings. The summed E-state index contributed by atoms with van der Waals surface area (Å²) in [6.07, 6.45) is 3.17. The lowest BCUT2D eigenvalue weighted by Crippen LogP contribution is -2.11. The quantitative estimate of drug-likeness (QED) is 0.700. The lowest BCUT2D eigenvalue weighted by atomic mass is 9.99. The molecule has 1 atom stereocenters. The average molecular weight is 218 g/mol. The summed E-state index contributed by atoms with van der Waals surface area (Å²) in [6, 6.07) is 6.27. The van der Waals surface area contributed by atoms with Crippen molar-refractivity contribution in [2.45, 2.75) is 46.1 Å². The van der Waals surface area contributed by atoms with Crippen LogP contribution in [0.25, 0.3) is 6.08 Å². The smallest absolute Gasteiger partial charge is 0.123 e. The molecule has 0 aliphatic rings. The molecule has 1 unspecified atom stereocenters. The Morgan fingerprint density at radius 3 is 2.50 bits per heavy atom. The van der Waals surface area contributed by atoms with E-state index in [1.54, 1.807) is 0 Å². The largest absolute Gasteiger partial charge is 0.490 e.